The van der Waals surface area contributed by atoms with Crippen molar-refractivity contribution in [1.29, 1.82) is 0 Å². The predicted molar refractivity (Wildman–Crippen MR) is 59.9 cm³/mol. The average molecular weight is 224 g/mol. The molecular weight excluding hydrogens is 214 g/mol. The molecule has 1 unspecified atom stereocenters. The average Bonchev–Trinajstić information content (AvgIpc) is 2.17. The number of nitrogens with zero attached hydrogens (tertiary/aromatic N) is 2. The van der Waals surface area contributed by atoms with E-state index in [0.29, 0.717) is 15.9 Å². The summed E-state index contributed by atoms with van der Waals surface area (Å²) < 4.78 is 1.39. The minimum Gasteiger partial charge on any atom is -0.311 e. The summed E-state index contributed by atoms with van der Waals surface area (Å²) in [4.78, 5) is 16.0. The quantitative estimate of drug-likeness (QED) is 0.798. The van der Waals surface area contributed by atoms with E-state index in [-0.39, 0.29) is 11.7 Å². The molecule has 2 rings (SSSR count). The lowest BCUT2D eigenvalue weighted by atomic mass is 10.2. The number of hydrogen-bond acceptors (Lipinski definition) is 3. The minimum atomic E-state index is -0.384. The van der Waals surface area contributed by atoms with Crippen LogP contribution >= 0.6 is 11.6 Å². The molecule has 1 atom stereocenters. The van der Waals surface area contributed by atoms with Gasteiger partial charge in [0.2, 0.25) is 0 Å². The van der Waals surface area contributed by atoms with Gasteiger partial charge in [-0.05, 0) is 25.1 Å². The van der Waals surface area contributed by atoms with Crippen molar-refractivity contribution in [2.75, 3.05) is 0 Å². The fourth-order valence-corrected chi connectivity index (χ4v) is 1.56. The first kappa shape index (κ1) is 10.1. The molecule has 1 heterocycles. The van der Waals surface area contributed by atoms with Gasteiger partial charge in [-0.15, -0.1) is 0 Å². The Morgan fingerprint density at radius 1 is 1.53 bits per heavy atom. The third kappa shape index (κ3) is 1.73. The van der Waals surface area contributed by atoms with Crippen LogP contribution in [-0.2, 0) is 0 Å². The number of nitrogens with two attached hydrogens (primary N) is 1. The number of halogens is 1. The first-order chi connectivity index (χ1) is 7.09. The molecule has 0 aliphatic carbocycles. The zero-order valence-corrected chi connectivity index (χ0v) is 8.90. The Balaban J connectivity index is 2.80. The van der Waals surface area contributed by atoms with Crippen molar-refractivity contribution in [1.82, 2.24) is 9.55 Å². The Hall–Kier alpha value is -1.39. The summed E-state index contributed by atoms with van der Waals surface area (Å²) in [6.07, 6.45) is 1.05. The summed E-state index contributed by atoms with van der Waals surface area (Å²) in [7, 11) is 0. The third-order valence-corrected chi connectivity index (χ3v) is 2.42. The molecule has 78 valence electrons. The number of fused-ring (bicyclic) bond motifs is 1. The van der Waals surface area contributed by atoms with Crippen molar-refractivity contribution in [3.63, 3.8) is 0 Å². The van der Waals surface area contributed by atoms with Crippen LogP contribution in [0.2, 0.25) is 5.02 Å². The van der Waals surface area contributed by atoms with E-state index in [9.17, 15) is 4.79 Å². The van der Waals surface area contributed by atoms with Crippen LogP contribution in [0.15, 0.2) is 29.3 Å². The Bertz CT molecular complexity index is 562. The fourth-order valence-electron chi connectivity index (χ4n) is 1.40. The van der Waals surface area contributed by atoms with Gasteiger partial charge in [-0.2, -0.15) is 0 Å². The standard InChI is InChI=1S/C10H10ClN3O/c1-6(12)14-5-13-9-4-7(11)2-3-8(9)10(14)15/h2-6H,12H2,1H3. The van der Waals surface area contributed by atoms with Gasteiger partial charge in [0.1, 0.15) is 0 Å². The zero-order chi connectivity index (χ0) is 11.0. The van der Waals surface area contributed by atoms with Crippen LogP contribution in [0.5, 0.6) is 0 Å². The normalized spacial score (nSPS) is 13.0. The van der Waals surface area contributed by atoms with Gasteiger partial charge < -0.3 is 5.73 Å². The van der Waals surface area contributed by atoms with Crippen molar-refractivity contribution in [3.05, 3.63) is 39.9 Å². The molecule has 0 amide bonds. The molecule has 0 saturated carbocycles. The molecule has 2 N–H and O–H groups in total. The summed E-state index contributed by atoms with van der Waals surface area (Å²) in [6, 6.07) is 4.98. The Morgan fingerprint density at radius 3 is 2.93 bits per heavy atom. The van der Waals surface area contributed by atoms with Crippen LogP contribution in [0.4, 0.5) is 0 Å². The summed E-state index contributed by atoms with van der Waals surface area (Å²) in [5, 5.41) is 1.09. The third-order valence-electron chi connectivity index (χ3n) is 2.18. The Morgan fingerprint density at radius 2 is 2.27 bits per heavy atom. The minimum absolute atomic E-state index is 0.147. The Labute approximate surface area is 91.3 Å². The SMILES string of the molecule is CC(N)n1cnc2cc(Cl)ccc2c1=O. The van der Waals surface area contributed by atoms with Crippen molar-refractivity contribution in [2.45, 2.75) is 13.1 Å². The highest BCUT2D eigenvalue weighted by Crippen LogP contribution is 2.14. The first-order valence-corrected chi connectivity index (χ1v) is 4.89. The predicted octanol–water partition coefficient (Wildman–Crippen LogP) is 1.53. The second-order valence-corrected chi connectivity index (χ2v) is 3.80. The van der Waals surface area contributed by atoms with Gasteiger partial charge in [0.15, 0.2) is 0 Å². The van der Waals surface area contributed by atoms with Gasteiger partial charge >= 0.3 is 0 Å². The molecule has 0 aliphatic rings. The molecule has 1 aromatic heterocycles. The van der Waals surface area contributed by atoms with Gasteiger partial charge in [-0.25, -0.2) is 4.98 Å². The monoisotopic (exact) mass is 223 g/mol. The molecule has 15 heavy (non-hydrogen) atoms. The molecule has 0 radical (unpaired) electrons. The lowest BCUT2D eigenvalue weighted by molar-refractivity contribution is 0.547. The number of rotatable bonds is 1. The molecule has 4 nitrogen and oxygen atoms in total. The summed E-state index contributed by atoms with van der Waals surface area (Å²) >= 11 is 5.80. The smallest absolute Gasteiger partial charge is 0.262 e. The van der Waals surface area contributed by atoms with Gasteiger partial charge in [0.25, 0.3) is 5.56 Å². The van der Waals surface area contributed by atoms with Crippen molar-refractivity contribution in [3.8, 4) is 0 Å². The van der Waals surface area contributed by atoms with E-state index >= 15 is 0 Å². The number of benzene rings is 1. The lowest BCUT2D eigenvalue weighted by Crippen LogP contribution is -2.28. The van der Waals surface area contributed by atoms with E-state index in [0.717, 1.165) is 0 Å². The maximum Gasteiger partial charge on any atom is 0.262 e. The first-order valence-electron chi connectivity index (χ1n) is 4.51. The molecule has 2 aromatic rings. The molecule has 0 bridgehead atoms. The fraction of sp³-hybridized carbons (Fsp3) is 0.200. The van der Waals surface area contributed by atoms with Crippen LogP contribution < -0.4 is 11.3 Å². The highest BCUT2D eigenvalue weighted by Gasteiger charge is 2.06. The summed E-state index contributed by atoms with van der Waals surface area (Å²) in [5.41, 5.74) is 6.07. The summed E-state index contributed by atoms with van der Waals surface area (Å²) in [5.74, 6) is 0. The molecule has 1 aromatic carbocycles. The van der Waals surface area contributed by atoms with Crippen molar-refractivity contribution in [2.24, 2.45) is 5.73 Å². The van der Waals surface area contributed by atoms with Crippen LogP contribution in [0, 0.1) is 0 Å². The van der Waals surface area contributed by atoms with E-state index in [1.807, 2.05) is 0 Å². The topological polar surface area (TPSA) is 60.9 Å². The second-order valence-electron chi connectivity index (χ2n) is 3.36. The van der Waals surface area contributed by atoms with E-state index in [1.165, 1.54) is 10.9 Å². The van der Waals surface area contributed by atoms with Gasteiger partial charge in [0, 0.05) is 5.02 Å². The van der Waals surface area contributed by atoms with Crippen LogP contribution in [0.3, 0.4) is 0 Å². The zero-order valence-electron chi connectivity index (χ0n) is 8.14. The van der Waals surface area contributed by atoms with Crippen molar-refractivity contribution < 1.29 is 0 Å². The molecule has 0 aliphatic heterocycles. The lowest BCUT2D eigenvalue weighted by Gasteiger charge is -2.09. The van der Waals surface area contributed by atoms with Crippen LogP contribution in [-0.4, -0.2) is 9.55 Å². The highest BCUT2D eigenvalue weighted by molar-refractivity contribution is 6.31. The maximum atomic E-state index is 11.9. The number of hydrogen-bond donors (Lipinski definition) is 1. The van der Waals surface area contributed by atoms with E-state index < -0.39 is 0 Å². The molecular formula is C10H10ClN3O. The van der Waals surface area contributed by atoms with Gasteiger partial charge in [-0.1, -0.05) is 11.6 Å². The van der Waals surface area contributed by atoms with E-state index in [1.54, 1.807) is 25.1 Å². The van der Waals surface area contributed by atoms with Crippen LogP contribution in [0.1, 0.15) is 13.1 Å². The van der Waals surface area contributed by atoms with Gasteiger partial charge in [0.05, 0.1) is 23.4 Å². The van der Waals surface area contributed by atoms with E-state index in [2.05, 4.69) is 4.98 Å². The second kappa shape index (κ2) is 3.64. The molecule has 0 spiro atoms. The van der Waals surface area contributed by atoms with Crippen molar-refractivity contribution >= 4 is 22.5 Å². The molecule has 5 heteroatoms. The summed E-state index contributed by atoms with van der Waals surface area (Å²) in [6.45, 7) is 1.73. The van der Waals surface area contributed by atoms with Gasteiger partial charge in [-0.3, -0.25) is 9.36 Å². The van der Waals surface area contributed by atoms with Crippen LogP contribution in [0.25, 0.3) is 10.9 Å². The highest BCUT2D eigenvalue weighted by atomic mass is 35.5. The Kier molecular flexibility index (Phi) is 2.46. The number of aromatic nitrogens is 2. The van der Waals surface area contributed by atoms with E-state index in [4.69, 9.17) is 17.3 Å². The molecule has 0 saturated heterocycles. The largest absolute Gasteiger partial charge is 0.311 e. The maximum absolute atomic E-state index is 11.9. The molecule has 0 fully saturated rings.